The van der Waals surface area contributed by atoms with Crippen molar-refractivity contribution in [2.45, 2.75) is 13.3 Å². The van der Waals surface area contributed by atoms with Gasteiger partial charge < -0.3 is 10.5 Å². The second-order valence-electron chi connectivity index (χ2n) is 5.33. The molecule has 1 aromatic heterocycles. The molecule has 130 valence electrons. The van der Waals surface area contributed by atoms with E-state index in [-0.39, 0.29) is 11.7 Å². The van der Waals surface area contributed by atoms with E-state index in [1.807, 2.05) is 20.2 Å². The Labute approximate surface area is 144 Å². The number of aromatic nitrogens is 2. The van der Waals surface area contributed by atoms with Crippen LogP contribution < -0.4 is 5.73 Å². The lowest BCUT2D eigenvalue weighted by Gasteiger charge is -2.16. The van der Waals surface area contributed by atoms with E-state index in [1.54, 1.807) is 22.8 Å². The van der Waals surface area contributed by atoms with Crippen molar-refractivity contribution in [2.24, 2.45) is 17.8 Å². The molecule has 2 heterocycles. The summed E-state index contributed by atoms with van der Waals surface area (Å²) < 4.78 is 6.71. The Morgan fingerprint density at radius 1 is 1.50 bits per heavy atom. The summed E-state index contributed by atoms with van der Waals surface area (Å²) in [6.45, 7) is 2.88. The second-order valence-corrected chi connectivity index (χ2v) is 6.27. The van der Waals surface area contributed by atoms with Gasteiger partial charge in [0.2, 0.25) is 5.91 Å². The van der Waals surface area contributed by atoms with Gasteiger partial charge in [0.1, 0.15) is 5.70 Å². The van der Waals surface area contributed by atoms with E-state index in [2.05, 4.69) is 10.1 Å². The maximum atomic E-state index is 12.6. The van der Waals surface area contributed by atoms with Crippen molar-refractivity contribution < 1.29 is 14.3 Å². The number of thioether (sulfide) groups is 1. The van der Waals surface area contributed by atoms with Crippen LogP contribution in [0.2, 0.25) is 0 Å². The SMILES string of the molecule is COCCCN1C(=O)C(=Cc2cn(C)nc2C)N=C1SCC(N)=O. The zero-order chi connectivity index (χ0) is 17.7. The maximum absolute atomic E-state index is 12.6. The topological polar surface area (TPSA) is 103 Å². The van der Waals surface area contributed by atoms with Crippen LogP contribution in [0.1, 0.15) is 17.7 Å². The molecule has 0 fully saturated rings. The Morgan fingerprint density at radius 3 is 2.83 bits per heavy atom. The Hall–Kier alpha value is -2.13. The number of aliphatic imine (C=N–C) groups is 1. The number of carbonyl (C=O) groups is 2. The highest BCUT2D eigenvalue weighted by Gasteiger charge is 2.30. The van der Waals surface area contributed by atoms with Crippen LogP contribution in [0.3, 0.4) is 0 Å². The molecule has 0 unspecified atom stereocenters. The Balaban J connectivity index is 2.23. The minimum Gasteiger partial charge on any atom is -0.385 e. The molecule has 9 heteroatoms. The first-order valence-corrected chi connectivity index (χ1v) is 8.43. The summed E-state index contributed by atoms with van der Waals surface area (Å²) in [5.74, 6) is -0.569. The van der Waals surface area contributed by atoms with Gasteiger partial charge in [-0.2, -0.15) is 5.10 Å². The number of ether oxygens (including phenoxy) is 1. The van der Waals surface area contributed by atoms with Gasteiger partial charge in [-0.15, -0.1) is 0 Å². The lowest BCUT2D eigenvalue weighted by Crippen LogP contribution is -2.33. The van der Waals surface area contributed by atoms with Gasteiger partial charge >= 0.3 is 0 Å². The number of hydrogen-bond donors (Lipinski definition) is 1. The van der Waals surface area contributed by atoms with E-state index in [1.165, 1.54) is 0 Å². The molecular formula is C15H21N5O3S. The number of rotatable bonds is 7. The first kappa shape index (κ1) is 18.2. The van der Waals surface area contributed by atoms with Gasteiger partial charge in [0.15, 0.2) is 5.17 Å². The monoisotopic (exact) mass is 351 g/mol. The van der Waals surface area contributed by atoms with Gasteiger partial charge in [-0.1, -0.05) is 11.8 Å². The van der Waals surface area contributed by atoms with Crippen LogP contribution >= 0.6 is 11.8 Å². The number of amidine groups is 1. The first-order chi connectivity index (χ1) is 11.4. The fraction of sp³-hybridized carbons (Fsp3) is 0.467. The molecule has 2 rings (SSSR count). The summed E-state index contributed by atoms with van der Waals surface area (Å²) >= 11 is 1.16. The summed E-state index contributed by atoms with van der Waals surface area (Å²) in [7, 11) is 3.43. The van der Waals surface area contributed by atoms with Gasteiger partial charge in [0.05, 0.1) is 11.4 Å². The zero-order valence-corrected chi connectivity index (χ0v) is 14.8. The molecule has 0 saturated heterocycles. The van der Waals surface area contributed by atoms with Gasteiger partial charge in [0.25, 0.3) is 5.91 Å². The van der Waals surface area contributed by atoms with Crippen LogP contribution in [0.25, 0.3) is 6.08 Å². The summed E-state index contributed by atoms with van der Waals surface area (Å²) in [5.41, 5.74) is 7.17. The van der Waals surface area contributed by atoms with Gasteiger partial charge in [-0.25, -0.2) is 4.99 Å². The summed E-state index contributed by atoms with van der Waals surface area (Å²) in [5, 5.41) is 4.74. The molecular weight excluding hydrogens is 330 g/mol. The smallest absolute Gasteiger partial charge is 0.278 e. The van der Waals surface area contributed by atoms with Gasteiger partial charge in [0, 0.05) is 39.1 Å². The summed E-state index contributed by atoms with van der Waals surface area (Å²) in [6, 6.07) is 0. The van der Waals surface area contributed by atoms with Gasteiger partial charge in [-0.05, 0) is 19.4 Å². The Kier molecular flexibility index (Phi) is 6.16. The minimum absolute atomic E-state index is 0.0755. The fourth-order valence-corrected chi connectivity index (χ4v) is 3.01. The quantitative estimate of drug-likeness (QED) is 0.570. The lowest BCUT2D eigenvalue weighted by atomic mass is 10.2. The number of amides is 2. The predicted molar refractivity (Wildman–Crippen MR) is 93.2 cm³/mol. The van der Waals surface area contributed by atoms with Crippen molar-refractivity contribution in [3.05, 3.63) is 23.2 Å². The van der Waals surface area contributed by atoms with Crippen LogP contribution in [-0.4, -0.2) is 57.7 Å². The molecule has 1 aliphatic heterocycles. The third kappa shape index (κ3) is 4.45. The van der Waals surface area contributed by atoms with E-state index in [0.717, 1.165) is 23.0 Å². The number of nitrogens with two attached hydrogens (primary N) is 1. The molecule has 0 atom stereocenters. The third-order valence-electron chi connectivity index (χ3n) is 3.33. The number of carbonyl (C=O) groups excluding carboxylic acids is 2. The second kappa shape index (κ2) is 8.11. The average Bonchev–Trinajstić information content (AvgIpc) is 2.98. The van der Waals surface area contributed by atoms with E-state index in [0.29, 0.717) is 30.4 Å². The molecule has 0 aromatic carbocycles. The van der Waals surface area contributed by atoms with Crippen LogP contribution in [-0.2, 0) is 21.4 Å². The van der Waals surface area contributed by atoms with Crippen LogP contribution in [0.4, 0.5) is 0 Å². The van der Waals surface area contributed by atoms with E-state index < -0.39 is 5.91 Å². The van der Waals surface area contributed by atoms with E-state index >= 15 is 0 Å². The van der Waals surface area contributed by atoms with E-state index in [4.69, 9.17) is 10.5 Å². The number of nitrogens with zero attached hydrogens (tertiary/aromatic N) is 4. The average molecular weight is 351 g/mol. The normalized spacial score (nSPS) is 16.1. The van der Waals surface area contributed by atoms with Crippen molar-refractivity contribution in [3.63, 3.8) is 0 Å². The van der Waals surface area contributed by atoms with Gasteiger partial charge in [-0.3, -0.25) is 19.2 Å². The van der Waals surface area contributed by atoms with Crippen molar-refractivity contribution in [3.8, 4) is 0 Å². The third-order valence-corrected chi connectivity index (χ3v) is 4.33. The highest BCUT2D eigenvalue weighted by Crippen LogP contribution is 2.24. The predicted octanol–water partition coefficient (Wildman–Crippen LogP) is 0.523. The number of hydrogen-bond acceptors (Lipinski definition) is 6. The molecule has 2 N–H and O–H groups in total. The van der Waals surface area contributed by atoms with Crippen LogP contribution in [0.5, 0.6) is 0 Å². The van der Waals surface area contributed by atoms with Crippen molar-refractivity contribution in [1.82, 2.24) is 14.7 Å². The van der Waals surface area contributed by atoms with E-state index in [9.17, 15) is 9.59 Å². The zero-order valence-electron chi connectivity index (χ0n) is 14.0. The number of aryl methyl sites for hydroxylation is 2. The molecule has 0 radical (unpaired) electrons. The molecule has 0 bridgehead atoms. The summed E-state index contributed by atoms with van der Waals surface area (Å²) in [4.78, 5) is 29.6. The molecule has 0 spiro atoms. The van der Waals surface area contributed by atoms with Crippen LogP contribution in [0.15, 0.2) is 16.9 Å². The standard InChI is InChI=1S/C15H21N5O3S/c1-10-11(8-19(2)18-10)7-12-14(22)20(5-4-6-23-3)15(17-12)24-9-13(16)21/h7-8H,4-6,9H2,1-3H3,(H2,16,21). The number of methoxy groups -OCH3 is 1. The molecule has 24 heavy (non-hydrogen) atoms. The highest BCUT2D eigenvalue weighted by molar-refractivity contribution is 8.14. The molecule has 2 amide bonds. The van der Waals surface area contributed by atoms with Crippen molar-refractivity contribution in [1.29, 1.82) is 0 Å². The maximum Gasteiger partial charge on any atom is 0.278 e. The summed E-state index contributed by atoms with van der Waals surface area (Å²) in [6.07, 6.45) is 4.22. The Morgan fingerprint density at radius 2 is 2.25 bits per heavy atom. The molecule has 1 aliphatic rings. The van der Waals surface area contributed by atoms with Crippen LogP contribution in [0, 0.1) is 6.92 Å². The largest absolute Gasteiger partial charge is 0.385 e. The lowest BCUT2D eigenvalue weighted by molar-refractivity contribution is -0.122. The first-order valence-electron chi connectivity index (χ1n) is 7.45. The highest BCUT2D eigenvalue weighted by atomic mass is 32.2. The minimum atomic E-state index is -0.451. The molecule has 0 aliphatic carbocycles. The van der Waals surface area contributed by atoms with Crippen molar-refractivity contribution in [2.75, 3.05) is 26.0 Å². The molecule has 0 saturated carbocycles. The molecule has 1 aromatic rings. The number of primary amides is 1. The molecule has 8 nitrogen and oxygen atoms in total. The fourth-order valence-electron chi connectivity index (χ4n) is 2.25. The Bertz CT molecular complexity index is 695. The van der Waals surface area contributed by atoms with Crippen molar-refractivity contribution >= 4 is 34.8 Å².